The Labute approximate surface area is 167 Å². The van der Waals surface area contributed by atoms with E-state index in [-0.39, 0.29) is 17.9 Å². The molecule has 3 amide bonds. The maximum absolute atomic E-state index is 12.2. The summed E-state index contributed by atoms with van der Waals surface area (Å²) >= 11 is 0. The average Bonchev–Trinajstić information content (AvgIpc) is 2.98. The van der Waals surface area contributed by atoms with Gasteiger partial charge >= 0.3 is 6.03 Å². The van der Waals surface area contributed by atoms with E-state index < -0.39 is 11.6 Å². The van der Waals surface area contributed by atoms with E-state index in [4.69, 9.17) is 4.99 Å². The number of aliphatic hydroxyl groups is 1. The zero-order chi connectivity index (χ0) is 20.1. The topological polar surface area (TPSA) is 106 Å². The number of urea groups is 1. The summed E-state index contributed by atoms with van der Waals surface area (Å²) < 4.78 is 0. The second-order valence-corrected chi connectivity index (χ2v) is 8.53. The van der Waals surface area contributed by atoms with Crippen LogP contribution in [0.25, 0.3) is 0 Å². The third-order valence-electron chi connectivity index (χ3n) is 6.64. The Hall–Kier alpha value is -1.83. The number of carbonyl (C=O) groups excluding carboxylic acids is 2. The van der Waals surface area contributed by atoms with Crippen molar-refractivity contribution in [1.29, 1.82) is 0 Å². The Bertz CT molecular complexity index is 597. The van der Waals surface area contributed by atoms with Crippen LogP contribution in [0, 0.1) is 11.8 Å². The lowest BCUT2D eigenvalue weighted by Gasteiger charge is -2.39. The minimum Gasteiger partial charge on any atom is -0.391 e. The first-order chi connectivity index (χ1) is 13.4. The molecule has 158 valence electrons. The number of carbonyl (C=O) groups is 2. The summed E-state index contributed by atoms with van der Waals surface area (Å²) in [6.45, 7) is 6.60. The lowest BCUT2D eigenvalue weighted by molar-refractivity contribution is -0.125. The lowest BCUT2D eigenvalue weighted by atomic mass is 9.79. The molecule has 0 aromatic heterocycles. The van der Waals surface area contributed by atoms with E-state index >= 15 is 0 Å². The molecule has 8 heteroatoms. The third kappa shape index (κ3) is 4.59. The van der Waals surface area contributed by atoms with Crippen LogP contribution in [-0.4, -0.2) is 65.7 Å². The highest BCUT2D eigenvalue weighted by atomic mass is 16.3. The lowest BCUT2D eigenvalue weighted by Crippen LogP contribution is -2.55. The van der Waals surface area contributed by atoms with Gasteiger partial charge in [0, 0.05) is 19.6 Å². The fraction of sp³-hybridized carbons (Fsp3) is 0.850. The summed E-state index contributed by atoms with van der Waals surface area (Å²) in [6, 6.07) is -0.401. The number of hydrogen-bond donors (Lipinski definition) is 4. The Morgan fingerprint density at radius 3 is 2.50 bits per heavy atom. The van der Waals surface area contributed by atoms with Gasteiger partial charge in [-0.15, -0.1) is 0 Å². The molecule has 2 heterocycles. The van der Waals surface area contributed by atoms with Crippen molar-refractivity contribution in [2.45, 2.75) is 70.4 Å². The molecule has 0 aromatic carbocycles. The van der Waals surface area contributed by atoms with E-state index in [9.17, 15) is 14.7 Å². The first-order valence-corrected chi connectivity index (χ1v) is 10.8. The second kappa shape index (κ2) is 9.11. The quantitative estimate of drug-likeness (QED) is 0.319. The van der Waals surface area contributed by atoms with Crippen LogP contribution in [0.1, 0.15) is 58.8 Å². The summed E-state index contributed by atoms with van der Waals surface area (Å²) in [5.74, 6) is 1.08. The molecule has 4 N–H and O–H groups in total. The number of piperidine rings is 1. The van der Waals surface area contributed by atoms with Gasteiger partial charge in [-0.3, -0.25) is 15.1 Å². The average molecular weight is 394 g/mol. The number of aliphatic imine (C=N–C) groups is 1. The van der Waals surface area contributed by atoms with Crippen molar-refractivity contribution in [2.75, 3.05) is 26.2 Å². The van der Waals surface area contributed by atoms with E-state index in [1.165, 1.54) is 19.3 Å². The van der Waals surface area contributed by atoms with E-state index in [2.05, 4.69) is 20.9 Å². The number of rotatable bonds is 5. The van der Waals surface area contributed by atoms with Gasteiger partial charge in [-0.2, -0.15) is 0 Å². The van der Waals surface area contributed by atoms with E-state index in [1.807, 2.05) is 13.8 Å². The summed E-state index contributed by atoms with van der Waals surface area (Å²) in [5, 5.41) is 19.0. The monoisotopic (exact) mass is 393 g/mol. The molecule has 2 unspecified atom stereocenters. The zero-order valence-corrected chi connectivity index (χ0v) is 17.2. The molecule has 2 saturated heterocycles. The molecule has 2 aliphatic heterocycles. The fourth-order valence-electron chi connectivity index (χ4n) is 4.79. The summed E-state index contributed by atoms with van der Waals surface area (Å²) in [6.07, 6.45) is 7.14. The number of amides is 3. The summed E-state index contributed by atoms with van der Waals surface area (Å²) in [7, 11) is 0. The van der Waals surface area contributed by atoms with Crippen LogP contribution < -0.4 is 16.0 Å². The van der Waals surface area contributed by atoms with Crippen LogP contribution in [0.4, 0.5) is 4.79 Å². The van der Waals surface area contributed by atoms with Gasteiger partial charge < -0.3 is 20.6 Å². The van der Waals surface area contributed by atoms with Crippen LogP contribution in [0.3, 0.4) is 0 Å². The van der Waals surface area contributed by atoms with E-state index in [1.54, 1.807) is 0 Å². The Balaban J connectivity index is 1.56. The molecule has 3 aliphatic rings. The normalized spacial score (nSPS) is 28.8. The number of imide groups is 1. The van der Waals surface area contributed by atoms with Gasteiger partial charge in [0.05, 0.1) is 12.6 Å². The van der Waals surface area contributed by atoms with Crippen molar-refractivity contribution in [1.82, 2.24) is 20.9 Å². The standard InChI is InChI=1S/C20H35N5O3/c1-3-21-18(22-13-16(26)14-7-5-4-6-8-14)25-11-9-15(10-12-25)20(2)17(27)23-19(28)24-20/h14-16,26H,3-13H2,1-2H3,(H,21,22)(H2,23,24,27,28). The molecule has 8 nitrogen and oxygen atoms in total. The van der Waals surface area contributed by atoms with Gasteiger partial charge in [-0.1, -0.05) is 19.3 Å². The molecule has 28 heavy (non-hydrogen) atoms. The summed E-state index contributed by atoms with van der Waals surface area (Å²) in [4.78, 5) is 30.6. The van der Waals surface area contributed by atoms with Gasteiger partial charge in [-0.05, 0) is 51.4 Å². The molecular formula is C20H35N5O3. The maximum atomic E-state index is 12.2. The smallest absolute Gasteiger partial charge is 0.322 e. The highest BCUT2D eigenvalue weighted by Gasteiger charge is 2.48. The minimum atomic E-state index is -0.824. The van der Waals surface area contributed by atoms with Crippen molar-refractivity contribution in [3.8, 4) is 0 Å². The van der Waals surface area contributed by atoms with Gasteiger partial charge in [0.25, 0.3) is 5.91 Å². The number of guanidine groups is 1. The molecule has 0 bridgehead atoms. The van der Waals surface area contributed by atoms with Crippen molar-refractivity contribution >= 4 is 17.9 Å². The number of hydrogen-bond acceptors (Lipinski definition) is 4. The van der Waals surface area contributed by atoms with E-state index in [0.717, 1.165) is 51.3 Å². The summed E-state index contributed by atoms with van der Waals surface area (Å²) in [5.41, 5.74) is -0.824. The largest absolute Gasteiger partial charge is 0.391 e. The number of likely N-dealkylation sites (tertiary alicyclic amines) is 1. The van der Waals surface area contributed by atoms with Gasteiger partial charge in [0.15, 0.2) is 5.96 Å². The molecule has 0 spiro atoms. The van der Waals surface area contributed by atoms with Crippen LogP contribution in [0.15, 0.2) is 4.99 Å². The first-order valence-electron chi connectivity index (χ1n) is 10.8. The molecule has 0 radical (unpaired) electrons. The zero-order valence-electron chi connectivity index (χ0n) is 17.2. The molecule has 2 atom stereocenters. The number of nitrogens with zero attached hydrogens (tertiary/aromatic N) is 2. The van der Waals surface area contributed by atoms with Crippen LogP contribution in [-0.2, 0) is 4.79 Å². The molecule has 0 aromatic rings. The second-order valence-electron chi connectivity index (χ2n) is 8.53. The minimum absolute atomic E-state index is 0.103. The Kier molecular flexibility index (Phi) is 6.80. The number of aliphatic hydroxyl groups excluding tert-OH is 1. The van der Waals surface area contributed by atoms with Crippen molar-refractivity contribution in [3.05, 3.63) is 0 Å². The van der Waals surface area contributed by atoms with Gasteiger partial charge in [0.2, 0.25) is 0 Å². The molecular weight excluding hydrogens is 358 g/mol. The predicted octanol–water partition coefficient (Wildman–Crippen LogP) is 1.20. The molecule has 1 aliphatic carbocycles. The maximum Gasteiger partial charge on any atom is 0.322 e. The number of nitrogens with one attached hydrogen (secondary N) is 3. The Morgan fingerprint density at radius 1 is 1.25 bits per heavy atom. The molecule has 3 fully saturated rings. The van der Waals surface area contributed by atoms with Gasteiger partial charge in [-0.25, -0.2) is 4.79 Å². The van der Waals surface area contributed by atoms with Crippen LogP contribution in [0.5, 0.6) is 0 Å². The van der Waals surface area contributed by atoms with Crippen molar-refractivity contribution in [3.63, 3.8) is 0 Å². The highest BCUT2D eigenvalue weighted by Crippen LogP contribution is 2.31. The molecule has 3 rings (SSSR count). The predicted molar refractivity (Wildman–Crippen MR) is 108 cm³/mol. The van der Waals surface area contributed by atoms with E-state index in [0.29, 0.717) is 12.5 Å². The fourth-order valence-corrected chi connectivity index (χ4v) is 4.79. The van der Waals surface area contributed by atoms with Crippen LogP contribution in [0.2, 0.25) is 0 Å². The Morgan fingerprint density at radius 2 is 1.93 bits per heavy atom. The first kappa shape index (κ1) is 20.9. The van der Waals surface area contributed by atoms with Crippen molar-refractivity contribution < 1.29 is 14.7 Å². The van der Waals surface area contributed by atoms with Gasteiger partial charge in [0.1, 0.15) is 5.54 Å². The van der Waals surface area contributed by atoms with Crippen molar-refractivity contribution in [2.24, 2.45) is 16.8 Å². The highest BCUT2D eigenvalue weighted by molar-refractivity contribution is 6.07. The third-order valence-corrected chi connectivity index (χ3v) is 6.64. The molecule has 1 saturated carbocycles. The van der Waals surface area contributed by atoms with Crippen LogP contribution >= 0.6 is 0 Å². The SMILES string of the molecule is CCNC(=NCC(O)C1CCCCC1)N1CCC(C2(C)NC(=O)NC2=O)CC1.